The lowest BCUT2D eigenvalue weighted by molar-refractivity contribution is 0.295. The highest BCUT2D eigenvalue weighted by Gasteiger charge is 2.27. The molecule has 1 aromatic carbocycles. The predicted molar refractivity (Wildman–Crippen MR) is 63.8 cm³/mol. The summed E-state index contributed by atoms with van der Waals surface area (Å²) >= 11 is 5.95. The van der Waals surface area contributed by atoms with Gasteiger partial charge in [-0.2, -0.15) is 0 Å². The number of imidazole rings is 1. The van der Waals surface area contributed by atoms with E-state index in [2.05, 4.69) is 9.55 Å². The molecule has 1 aliphatic carbocycles. The topological polar surface area (TPSA) is 38.1 Å². The van der Waals surface area contributed by atoms with Crippen LogP contribution >= 0.6 is 11.6 Å². The summed E-state index contributed by atoms with van der Waals surface area (Å²) in [5.74, 6) is 0.974. The molecule has 1 aliphatic rings. The predicted octanol–water partition coefficient (Wildman–Crippen LogP) is 2.56. The average Bonchev–Trinajstić information content (AvgIpc) is 3.02. The van der Waals surface area contributed by atoms with Crippen LogP contribution in [-0.4, -0.2) is 21.3 Å². The van der Waals surface area contributed by atoms with E-state index in [0.29, 0.717) is 17.5 Å². The third-order valence-corrected chi connectivity index (χ3v) is 3.21. The first kappa shape index (κ1) is 10.1. The van der Waals surface area contributed by atoms with Gasteiger partial charge in [-0.1, -0.05) is 11.6 Å². The van der Waals surface area contributed by atoms with Gasteiger partial charge in [-0.3, -0.25) is 0 Å². The number of benzene rings is 1. The van der Waals surface area contributed by atoms with Crippen LogP contribution in [0.15, 0.2) is 18.2 Å². The molecule has 3 nitrogen and oxygen atoms in total. The van der Waals surface area contributed by atoms with Crippen molar-refractivity contribution in [1.29, 1.82) is 0 Å². The van der Waals surface area contributed by atoms with Crippen molar-refractivity contribution in [1.82, 2.24) is 9.55 Å². The fourth-order valence-electron chi connectivity index (χ4n) is 2.14. The summed E-state index contributed by atoms with van der Waals surface area (Å²) in [5, 5.41) is 9.76. The largest absolute Gasteiger partial charge is 0.396 e. The van der Waals surface area contributed by atoms with Crippen molar-refractivity contribution in [2.45, 2.75) is 25.3 Å². The lowest BCUT2D eigenvalue weighted by atomic mass is 10.3. The zero-order valence-corrected chi connectivity index (χ0v) is 9.61. The van der Waals surface area contributed by atoms with Crippen LogP contribution in [-0.2, 0) is 6.42 Å². The summed E-state index contributed by atoms with van der Waals surface area (Å²) in [4.78, 5) is 4.54. The minimum atomic E-state index is 0.143. The Labute approximate surface area is 98.7 Å². The molecule has 1 N–H and O–H groups in total. The molecular weight excluding hydrogens is 224 g/mol. The summed E-state index contributed by atoms with van der Waals surface area (Å²) in [7, 11) is 0. The van der Waals surface area contributed by atoms with Gasteiger partial charge in [0.1, 0.15) is 5.82 Å². The van der Waals surface area contributed by atoms with Crippen molar-refractivity contribution in [2.24, 2.45) is 0 Å². The quantitative estimate of drug-likeness (QED) is 0.890. The minimum absolute atomic E-state index is 0.143. The molecule has 16 heavy (non-hydrogen) atoms. The van der Waals surface area contributed by atoms with Gasteiger partial charge in [-0.05, 0) is 31.0 Å². The van der Waals surface area contributed by atoms with Gasteiger partial charge in [-0.15, -0.1) is 0 Å². The lowest BCUT2D eigenvalue weighted by Gasteiger charge is -2.05. The smallest absolute Gasteiger partial charge is 0.112 e. The van der Waals surface area contributed by atoms with Crippen LogP contribution in [0.5, 0.6) is 0 Å². The van der Waals surface area contributed by atoms with Gasteiger partial charge >= 0.3 is 0 Å². The Morgan fingerprint density at radius 3 is 2.94 bits per heavy atom. The van der Waals surface area contributed by atoms with E-state index in [1.807, 2.05) is 18.2 Å². The van der Waals surface area contributed by atoms with E-state index in [1.165, 1.54) is 12.8 Å². The molecule has 1 aromatic heterocycles. The van der Waals surface area contributed by atoms with E-state index in [0.717, 1.165) is 16.9 Å². The zero-order chi connectivity index (χ0) is 11.1. The van der Waals surface area contributed by atoms with Crippen LogP contribution in [0.3, 0.4) is 0 Å². The summed E-state index contributed by atoms with van der Waals surface area (Å²) in [6, 6.07) is 6.38. The second kappa shape index (κ2) is 3.75. The Kier molecular flexibility index (Phi) is 2.37. The molecule has 0 atom stereocenters. The van der Waals surface area contributed by atoms with E-state index >= 15 is 0 Å². The van der Waals surface area contributed by atoms with E-state index in [-0.39, 0.29) is 6.61 Å². The highest BCUT2D eigenvalue weighted by Crippen LogP contribution is 2.39. The maximum atomic E-state index is 9.05. The van der Waals surface area contributed by atoms with Gasteiger partial charge in [0.15, 0.2) is 0 Å². The van der Waals surface area contributed by atoms with Crippen LogP contribution in [0.25, 0.3) is 11.0 Å². The highest BCUT2D eigenvalue weighted by molar-refractivity contribution is 6.31. The van der Waals surface area contributed by atoms with Gasteiger partial charge in [0.25, 0.3) is 0 Å². The molecule has 0 radical (unpaired) electrons. The number of rotatable bonds is 3. The van der Waals surface area contributed by atoms with Crippen molar-refractivity contribution in [3.63, 3.8) is 0 Å². The van der Waals surface area contributed by atoms with Crippen molar-refractivity contribution in [2.75, 3.05) is 6.61 Å². The zero-order valence-electron chi connectivity index (χ0n) is 8.86. The molecule has 0 saturated heterocycles. The number of aliphatic hydroxyl groups excluding tert-OH is 1. The third-order valence-electron chi connectivity index (χ3n) is 2.97. The average molecular weight is 237 g/mol. The Bertz CT molecular complexity index is 531. The van der Waals surface area contributed by atoms with Crippen LogP contribution in [0.2, 0.25) is 5.02 Å². The molecule has 0 aliphatic heterocycles. The molecule has 3 rings (SSSR count). The SMILES string of the molecule is OCCc1nc2cc(Cl)ccc2n1C1CC1. The summed E-state index contributed by atoms with van der Waals surface area (Å²) in [6.07, 6.45) is 3.04. The summed E-state index contributed by atoms with van der Waals surface area (Å²) in [5.41, 5.74) is 2.07. The summed E-state index contributed by atoms with van der Waals surface area (Å²) in [6.45, 7) is 0.143. The second-order valence-corrected chi connectivity index (χ2v) is 4.67. The molecule has 0 amide bonds. The number of hydrogen-bond donors (Lipinski definition) is 1. The van der Waals surface area contributed by atoms with Gasteiger partial charge in [0.05, 0.1) is 17.6 Å². The number of nitrogens with zero attached hydrogens (tertiary/aromatic N) is 2. The molecule has 2 aromatic rings. The number of hydrogen-bond acceptors (Lipinski definition) is 2. The van der Waals surface area contributed by atoms with Crippen LogP contribution in [0.1, 0.15) is 24.7 Å². The van der Waals surface area contributed by atoms with E-state index in [9.17, 15) is 0 Å². The van der Waals surface area contributed by atoms with Gasteiger partial charge in [-0.25, -0.2) is 4.98 Å². The van der Waals surface area contributed by atoms with Gasteiger partial charge < -0.3 is 9.67 Å². The molecule has 1 saturated carbocycles. The van der Waals surface area contributed by atoms with Crippen LogP contribution < -0.4 is 0 Å². The molecule has 84 valence electrons. The molecule has 0 spiro atoms. The molecule has 0 bridgehead atoms. The molecule has 4 heteroatoms. The van der Waals surface area contributed by atoms with Crippen molar-refractivity contribution in [3.05, 3.63) is 29.0 Å². The fourth-order valence-corrected chi connectivity index (χ4v) is 2.30. The number of aromatic nitrogens is 2. The number of fused-ring (bicyclic) bond motifs is 1. The molecular formula is C12H13ClN2O. The first-order chi connectivity index (χ1) is 7.79. The third kappa shape index (κ3) is 1.60. The maximum absolute atomic E-state index is 9.05. The Balaban J connectivity index is 2.20. The summed E-state index contributed by atoms with van der Waals surface area (Å²) < 4.78 is 2.25. The molecule has 1 heterocycles. The minimum Gasteiger partial charge on any atom is -0.396 e. The lowest BCUT2D eigenvalue weighted by Crippen LogP contribution is -2.03. The van der Waals surface area contributed by atoms with Gasteiger partial charge in [0.2, 0.25) is 0 Å². The molecule has 1 fully saturated rings. The van der Waals surface area contributed by atoms with E-state index < -0.39 is 0 Å². The fraction of sp³-hybridized carbons (Fsp3) is 0.417. The maximum Gasteiger partial charge on any atom is 0.112 e. The Morgan fingerprint density at radius 2 is 2.25 bits per heavy atom. The number of halogens is 1. The highest BCUT2D eigenvalue weighted by atomic mass is 35.5. The first-order valence-corrected chi connectivity index (χ1v) is 5.94. The normalized spacial score (nSPS) is 15.9. The monoisotopic (exact) mass is 236 g/mol. The second-order valence-electron chi connectivity index (χ2n) is 4.24. The van der Waals surface area contributed by atoms with Crippen LogP contribution in [0, 0.1) is 0 Å². The van der Waals surface area contributed by atoms with Crippen molar-refractivity contribution < 1.29 is 5.11 Å². The Morgan fingerprint density at radius 1 is 1.44 bits per heavy atom. The van der Waals surface area contributed by atoms with Gasteiger partial charge in [0, 0.05) is 17.5 Å². The Hall–Kier alpha value is -1.06. The first-order valence-electron chi connectivity index (χ1n) is 5.57. The standard InChI is InChI=1S/C12H13ClN2O/c13-8-1-4-11-10(7-8)14-12(5-6-16)15(11)9-2-3-9/h1,4,7,9,16H,2-3,5-6H2. The van der Waals surface area contributed by atoms with E-state index in [1.54, 1.807) is 0 Å². The number of aliphatic hydroxyl groups is 1. The van der Waals surface area contributed by atoms with Crippen molar-refractivity contribution in [3.8, 4) is 0 Å². The van der Waals surface area contributed by atoms with Crippen molar-refractivity contribution >= 4 is 22.6 Å². The molecule has 0 unspecified atom stereocenters. The van der Waals surface area contributed by atoms with E-state index in [4.69, 9.17) is 16.7 Å². The van der Waals surface area contributed by atoms with Crippen LogP contribution in [0.4, 0.5) is 0 Å².